The van der Waals surface area contributed by atoms with E-state index in [1.807, 2.05) is 11.6 Å². The number of aliphatic hydroxyl groups excluding tert-OH is 1. The van der Waals surface area contributed by atoms with Crippen LogP contribution in [-0.4, -0.2) is 88.3 Å². The number of hydrogen-bond donors (Lipinski definition) is 7. The molecule has 0 saturated heterocycles. The molecular weight excluding hydrogens is 384 g/mol. The standard InChI is InChI=1S/C14H24N4O8S/c1-27-3-2-7(15)12(24)18-9(6-19)14(26)17-8(4-10(20)21)13(25)16-5-11(22)23/h7-9,19H,2-6,15H2,1H3,(H,16,25)(H,17,26)(H,18,24)(H,20,21)(H,22,23). The third-order valence-corrected chi connectivity index (χ3v) is 3.85. The van der Waals surface area contributed by atoms with E-state index >= 15 is 0 Å². The van der Waals surface area contributed by atoms with Crippen molar-refractivity contribution < 1.29 is 39.3 Å². The fourth-order valence-corrected chi connectivity index (χ4v) is 2.28. The molecule has 27 heavy (non-hydrogen) atoms. The minimum atomic E-state index is -1.59. The van der Waals surface area contributed by atoms with Gasteiger partial charge in [0.05, 0.1) is 19.1 Å². The average molecular weight is 408 g/mol. The number of carboxylic acid groups (broad SMARTS) is 2. The van der Waals surface area contributed by atoms with Crippen molar-refractivity contribution in [1.82, 2.24) is 16.0 Å². The minimum Gasteiger partial charge on any atom is -0.481 e. The highest BCUT2D eigenvalue weighted by molar-refractivity contribution is 7.98. The summed E-state index contributed by atoms with van der Waals surface area (Å²) in [6, 6.07) is -3.96. The van der Waals surface area contributed by atoms with Gasteiger partial charge in [0.25, 0.3) is 0 Å². The Morgan fingerprint density at radius 1 is 0.963 bits per heavy atom. The SMILES string of the molecule is CSCCC(N)C(=O)NC(CO)C(=O)NC(CC(=O)O)C(=O)NCC(=O)O. The lowest BCUT2D eigenvalue weighted by atomic mass is 10.1. The van der Waals surface area contributed by atoms with Crippen LogP contribution in [0.5, 0.6) is 0 Å². The number of amides is 3. The van der Waals surface area contributed by atoms with Gasteiger partial charge in [0.1, 0.15) is 18.6 Å². The van der Waals surface area contributed by atoms with Gasteiger partial charge >= 0.3 is 11.9 Å². The van der Waals surface area contributed by atoms with Gasteiger partial charge in [0.15, 0.2) is 0 Å². The molecule has 0 bridgehead atoms. The highest BCUT2D eigenvalue weighted by atomic mass is 32.2. The largest absolute Gasteiger partial charge is 0.481 e. The first-order chi connectivity index (χ1) is 12.6. The molecule has 0 saturated carbocycles. The normalized spacial score (nSPS) is 13.7. The molecule has 0 aliphatic rings. The molecule has 3 atom stereocenters. The fraction of sp³-hybridized carbons (Fsp3) is 0.643. The van der Waals surface area contributed by atoms with Crippen molar-refractivity contribution in [2.75, 3.05) is 25.2 Å². The highest BCUT2D eigenvalue weighted by Gasteiger charge is 2.29. The first-order valence-electron chi connectivity index (χ1n) is 7.79. The van der Waals surface area contributed by atoms with Gasteiger partial charge in [0.2, 0.25) is 17.7 Å². The number of carbonyl (C=O) groups excluding carboxylic acids is 3. The van der Waals surface area contributed by atoms with Crippen molar-refractivity contribution in [2.45, 2.75) is 31.0 Å². The van der Waals surface area contributed by atoms with E-state index in [4.69, 9.17) is 15.9 Å². The van der Waals surface area contributed by atoms with Crippen molar-refractivity contribution in [3.63, 3.8) is 0 Å². The Labute approximate surface area is 159 Å². The van der Waals surface area contributed by atoms with Crippen LogP contribution < -0.4 is 21.7 Å². The third kappa shape index (κ3) is 10.4. The monoisotopic (exact) mass is 408 g/mol. The van der Waals surface area contributed by atoms with Crippen LogP contribution in [0, 0.1) is 0 Å². The Hall–Kier alpha value is -2.38. The van der Waals surface area contributed by atoms with Crippen LogP contribution in [-0.2, 0) is 24.0 Å². The molecule has 154 valence electrons. The topological polar surface area (TPSA) is 208 Å². The summed E-state index contributed by atoms with van der Waals surface area (Å²) in [4.78, 5) is 57.3. The zero-order valence-electron chi connectivity index (χ0n) is 14.6. The van der Waals surface area contributed by atoms with Crippen molar-refractivity contribution in [3.8, 4) is 0 Å². The van der Waals surface area contributed by atoms with Crippen molar-refractivity contribution in [3.05, 3.63) is 0 Å². The quantitative estimate of drug-likeness (QED) is 0.161. The van der Waals surface area contributed by atoms with Gasteiger partial charge in [-0.3, -0.25) is 24.0 Å². The Bertz CT molecular complexity index is 559. The molecule has 0 fully saturated rings. The van der Waals surface area contributed by atoms with E-state index in [-0.39, 0.29) is 0 Å². The van der Waals surface area contributed by atoms with Gasteiger partial charge in [0, 0.05) is 0 Å². The number of hydrogen-bond acceptors (Lipinski definition) is 8. The smallest absolute Gasteiger partial charge is 0.322 e. The predicted octanol–water partition coefficient (Wildman–Crippen LogP) is -3.30. The molecule has 3 unspecified atom stereocenters. The fourth-order valence-electron chi connectivity index (χ4n) is 1.79. The van der Waals surface area contributed by atoms with Crippen LogP contribution in [0.4, 0.5) is 0 Å². The third-order valence-electron chi connectivity index (χ3n) is 3.21. The number of nitrogens with two attached hydrogens (primary N) is 1. The zero-order chi connectivity index (χ0) is 21.0. The molecule has 0 rings (SSSR count). The number of aliphatic carboxylic acids is 2. The molecule has 0 aromatic carbocycles. The minimum absolute atomic E-state index is 0.339. The Kier molecular flexibility index (Phi) is 11.8. The lowest BCUT2D eigenvalue weighted by Crippen LogP contribution is -2.57. The molecule has 0 aromatic rings. The Morgan fingerprint density at radius 2 is 1.56 bits per heavy atom. The summed E-state index contributed by atoms with van der Waals surface area (Å²) in [7, 11) is 0. The molecule has 12 nitrogen and oxygen atoms in total. The number of thioether (sulfide) groups is 1. The maximum atomic E-state index is 12.2. The number of rotatable bonds is 13. The number of carboxylic acids is 2. The van der Waals surface area contributed by atoms with E-state index < -0.39 is 67.4 Å². The van der Waals surface area contributed by atoms with E-state index in [2.05, 4.69) is 10.6 Å². The van der Waals surface area contributed by atoms with Crippen LogP contribution in [0.25, 0.3) is 0 Å². The zero-order valence-corrected chi connectivity index (χ0v) is 15.5. The van der Waals surface area contributed by atoms with Gasteiger partial charge in [-0.25, -0.2) is 0 Å². The second-order valence-corrected chi connectivity index (χ2v) is 6.39. The summed E-state index contributed by atoms with van der Waals surface area (Å²) in [6.07, 6.45) is 1.34. The number of carbonyl (C=O) groups is 5. The molecule has 8 N–H and O–H groups in total. The molecule has 13 heteroatoms. The van der Waals surface area contributed by atoms with E-state index in [9.17, 15) is 29.1 Å². The van der Waals surface area contributed by atoms with Crippen LogP contribution in [0.2, 0.25) is 0 Å². The Balaban J connectivity index is 4.93. The second kappa shape index (κ2) is 12.9. The first kappa shape index (κ1) is 24.6. The van der Waals surface area contributed by atoms with Crippen LogP contribution >= 0.6 is 11.8 Å². The van der Waals surface area contributed by atoms with Crippen molar-refractivity contribution in [1.29, 1.82) is 0 Å². The van der Waals surface area contributed by atoms with Crippen LogP contribution in [0.1, 0.15) is 12.8 Å². The molecule has 3 amide bonds. The Morgan fingerprint density at radius 3 is 2.04 bits per heavy atom. The van der Waals surface area contributed by atoms with Gasteiger partial charge in [-0.2, -0.15) is 11.8 Å². The van der Waals surface area contributed by atoms with Crippen molar-refractivity contribution >= 4 is 41.4 Å². The predicted molar refractivity (Wildman–Crippen MR) is 94.8 cm³/mol. The van der Waals surface area contributed by atoms with Gasteiger partial charge in [-0.05, 0) is 18.4 Å². The first-order valence-corrected chi connectivity index (χ1v) is 9.19. The van der Waals surface area contributed by atoms with Gasteiger partial charge in [-0.15, -0.1) is 0 Å². The summed E-state index contributed by atoms with van der Waals surface area (Å²) in [6.45, 7) is -1.58. The molecule has 0 heterocycles. The number of aliphatic hydroxyl groups is 1. The summed E-state index contributed by atoms with van der Waals surface area (Å²) in [5, 5.41) is 32.9. The molecule has 0 spiro atoms. The van der Waals surface area contributed by atoms with E-state index in [1.54, 1.807) is 0 Å². The number of nitrogens with one attached hydrogen (secondary N) is 3. The van der Waals surface area contributed by atoms with Crippen molar-refractivity contribution in [2.24, 2.45) is 5.73 Å². The van der Waals surface area contributed by atoms with Gasteiger partial charge < -0.3 is 37.0 Å². The maximum absolute atomic E-state index is 12.2. The average Bonchev–Trinajstić information content (AvgIpc) is 2.60. The van der Waals surface area contributed by atoms with Crippen LogP contribution in [0.15, 0.2) is 0 Å². The second-order valence-electron chi connectivity index (χ2n) is 5.40. The molecule has 0 radical (unpaired) electrons. The summed E-state index contributed by atoms with van der Waals surface area (Å²) < 4.78 is 0. The lowest BCUT2D eigenvalue weighted by Gasteiger charge is -2.22. The molecule has 0 aromatic heterocycles. The van der Waals surface area contributed by atoms with E-state index in [0.717, 1.165) is 0 Å². The molecule has 0 aliphatic carbocycles. The summed E-state index contributed by atoms with van der Waals surface area (Å²) >= 11 is 1.47. The van der Waals surface area contributed by atoms with E-state index in [1.165, 1.54) is 11.8 Å². The summed E-state index contributed by atoms with van der Waals surface area (Å²) in [5.74, 6) is -4.91. The molecule has 0 aliphatic heterocycles. The lowest BCUT2D eigenvalue weighted by molar-refractivity contribution is -0.141. The summed E-state index contributed by atoms with van der Waals surface area (Å²) in [5.41, 5.74) is 5.65. The molecular formula is C14H24N4O8S. The highest BCUT2D eigenvalue weighted by Crippen LogP contribution is 2.00. The van der Waals surface area contributed by atoms with Gasteiger partial charge in [-0.1, -0.05) is 0 Å². The van der Waals surface area contributed by atoms with E-state index in [0.29, 0.717) is 12.2 Å². The van der Waals surface area contributed by atoms with Crippen LogP contribution in [0.3, 0.4) is 0 Å². The maximum Gasteiger partial charge on any atom is 0.322 e.